The molecular formula is C8H10IN. The van der Waals surface area contributed by atoms with Gasteiger partial charge in [0, 0.05) is 12.7 Å². The molecule has 0 saturated heterocycles. The second-order valence-corrected chi connectivity index (χ2v) is 3.76. The summed E-state index contributed by atoms with van der Waals surface area (Å²) in [6.45, 7) is 2.10. The maximum absolute atomic E-state index is 2.26. The number of benzene rings is 1. The highest BCUT2D eigenvalue weighted by Crippen LogP contribution is 2.16. The number of hydrogen-bond acceptors (Lipinski definition) is 1. The second kappa shape index (κ2) is 3.23. The SMILES string of the molecule is Cc1cccc(N(C)I)c1. The minimum atomic E-state index is 1.25. The molecule has 0 amide bonds. The van der Waals surface area contributed by atoms with E-state index in [9.17, 15) is 0 Å². The van der Waals surface area contributed by atoms with E-state index >= 15 is 0 Å². The Morgan fingerprint density at radius 2 is 2.10 bits per heavy atom. The predicted octanol–water partition coefficient (Wildman–Crippen LogP) is 2.78. The third kappa shape index (κ3) is 1.87. The lowest BCUT2D eigenvalue weighted by atomic mass is 10.2. The summed E-state index contributed by atoms with van der Waals surface area (Å²) < 4.78 is 2.07. The average molecular weight is 247 g/mol. The van der Waals surface area contributed by atoms with Crippen LogP contribution in [0.4, 0.5) is 5.69 Å². The quantitative estimate of drug-likeness (QED) is 0.544. The van der Waals surface area contributed by atoms with E-state index in [-0.39, 0.29) is 0 Å². The smallest absolute Gasteiger partial charge is 0.0588 e. The van der Waals surface area contributed by atoms with Gasteiger partial charge in [-0.2, -0.15) is 0 Å². The van der Waals surface area contributed by atoms with Gasteiger partial charge in [-0.15, -0.1) is 0 Å². The first-order chi connectivity index (χ1) is 4.70. The molecule has 0 atom stereocenters. The molecule has 0 bridgehead atoms. The third-order valence-electron chi connectivity index (χ3n) is 1.36. The molecule has 1 aromatic rings. The monoisotopic (exact) mass is 247 g/mol. The summed E-state index contributed by atoms with van der Waals surface area (Å²) in [5.41, 5.74) is 2.56. The molecule has 54 valence electrons. The Balaban J connectivity index is 2.96. The van der Waals surface area contributed by atoms with Gasteiger partial charge in [-0.1, -0.05) is 12.1 Å². The van der Waals surface area contributed by atoms with Crippen molar-refractivity contribution in [2.24, 2.45) is 0 Å². The summed E-state index contributed by atoms with van der Waals surface area (Å²) in [5.74, 6) is 0. The van der Waals surface area contributed by atoms with E-state index in [1.54, 1.807) is 0 Å². The normalized spacial score (nSPS) is 9.50. The first kappa shape index (κ1) is 7.85. The maximum atomic E-state index is 2.26. The third-order valence-corrected chi connectivity index (χ3v) is 1.91. The molecule has 1 nitrogen and oxygen atoms in total. The first-order valence-corrected chi connectivity index (χ1v) is 4.13. The van der Waals surface area contributed by atoms with Gasteiger partial charge in [-0.25, -0.2) is 0 Å². The fourth-order valence-electron chi connectivity index (χ4n) is 0.820. The molecule has 0 unspecified atom stereocenters. The molecule has 0 radical (unpaired) electrons. The van der Waals surface area contributed by atoms with Gasteiger partial charge in [-0.05, 0) is 24.6 Å². The van der Waals surface area contributed by atoms with Crippen LogP contribution in [0, 0.1) is 6.92 Å². The van der Waals surface area contributed by atoms with Gasteiger partial charge in [0.2, 0.25) is 0 Å². The van der Waals surface area contributed by atoms with Gasteiger partial charge in [0.15, 0.2) is 0 Å². The van der Waals surface area contributed by atoms with Crippen LogP contribution >= 0.6 is 22.9 Å². The van der Waals surface area contributed by atoms with Gasteiger partial charge in [0.1, 0.15) is 0 Å². The molecule has 0 fully saturated rings. The van der Waals surface area contributed by atoms with Crippen LogP contribution in [0.1, 0.15) is 5.56 Å². The summed E-state index contributed by atoms with van der Waals surface area (Å²) in [6.07, 6.45) is 0. The average Bonchev–Trinajstić information content (AvgIpc) is 1.88. The summed E-state index contributed by atoms with van der Waals surface area (Å²) in [4.78, 5) is 0. The summed E-state index contributed by atoms with van der Waals surface area (Å²) >= 11 is 2.26. The molecule has 0 N–H and O–H groups in total. The van der Waals surface area contributed by atoms with Crippen molar-refractivity contribution >= 4 is 28.6 Å². The molecular weight excluding hydrogens is 237 g/mol. The first-order valence-electron chi connectivity index (χ1n) is 3.16. The standard InChI is InChI=1S/C8H10IN/c1-7-4-3-5-8(6-7)10(2)9/h3-6H,1-2H3. The Hall–Kier alpha value is -0.250. The van der Waals surface area contributed by atoms with E-state index in [1.165, 1.54) is 11.3 Å². The van der Waals surface area contributed by atoms with Crippen LogP contribution in [0.15, 0.2) is 24.3 Å². The lowest BCUT2D eigenvalue weighted by molar-refractivity contribution is 1.37. The van der Waals surface area contributed by atoms with Crippen LogP contribution in [0.3, 0.4) is 0 Å². The number of anilines is 1. The minimum absolute atomic E-state index is 1.25. The topological polar surface area (TPSA) is 3.24 Å². The van der Waals surface area contributed by atoms with Crippen LogP contribution in [-0.2, 0) is 0 Å². The molecule has 0 heterocycles. The molecule has 0 aromatic heterocycles. The van der Waals surface area contributed by atoms with E-state index in [4.69, 9.17) is 0 Å². The van der Waals surface area contributed by atoms with Crippen LogP contribution in [0.25, 0.3) is 0 Å². The minimum Gasteiger partial charge on any atom is -0.318 e. The zero-order valence-electron chi connectivity index (χ0n) is 6.13. The van der Waals surface area contributed by atoms with Crippen LogP contribution in [0.2, 0.25) is 0 Å². The number of nitrogens with zero attached hydrogens (tertiary/aromatic N) is 1. The van der Waals surface area contributed by atoms with Gasteiger partial charge >= 0.3 is 0 Å². The van der Waals surface area contributed by atoms with Crippen LogP contribution < -0.4 is 3.11 Å². The van der Waals surface area contributed by atoms with E-state index in [0.717, 1.165) is 0 Å². The van der Waals surface area contributed by atoms with Crippen LogP contribution in [-0.4, -0.2) is 7.05 Å². The van der Waals surface area contributed by atoms with Gasteiger partial charge in [-0.3, -0.25) is 0 Å². The highest BCUT2D eigenvalue weighted by Gasteiger charge is 1.93. The summed E-state index contributed by atoms with van der Waals surface area (Å²) in [7, 11) is 2.04. The predicted molar refractivity (Wildman–Crippen MR) is 53.6 cm³/mol. The molecule has 0 aliphatic rings. The Kier molecular flexibility index (Phi) is 2.54. The maximum Gasteiger partial charge on any atom is 0.0588 e. The van der Waals surface area contributed by atoms with Crippen molar-refractivity contribution in [1.29, 1.82) is 0 Å². The zero-order chi connectivity index (χ0) is 7.56. The molecule has 10 heavy (non-hydrogen) atoms. The van der Waals surface area contributed by atoms with Crippen molar-refractivity contribution in [3.8, 4) is 0 Å². The van der Waals surface area contributed by atoms with E-state index in [0.29, 0.717) is 0 Å². The van der Waals surface area contributed by atoms with Crippen molar-refractivity contribution in [3.63, 3.8) is 0 Å². The lowest BCUT2D eigenvalue weighted by Crippen LogP contribution is -1.98. The van der Waals surface area contributed by atoms with Crippen molar-refractivity contribution < 1.29 is 0 Å². The molecule has 0 aliphatic carbocycles. The van der Waals surface area contributed by atoms with Gasteiger partial charge in [0.25, 0.3) is 0 Å². The Labute approximate surface area is 75.5 Å². The summed E-state index contributed by atoms with van der Waals surface area (Å²) in [5, 5.41) is 0. The van der Waals surface area contributed by atoms with Crippen molar-refractivity contribution in [2.45, 2.75) is 6.92 Å². The molecule has 0 spiro atoms. The van der Waals surface area contributed by atoms with Crippen molar-refractivity contribution in [3.05, 3.63) is 29.8 Å². The molecule has 0 saturated carbocycles. The lowest BCUT2D eigenvalue weighted by Gasteiger charge is -2.09. The van der Waals surface area contributed by atoms with Crippen LogP contribution in [0.5, 0.6) is 0 Å². The van der Waals surface area contributed by atoms with E-state index in [2.05, 4.69) is 57.2 Å². The van der Waals surface area contributed by atoms with E-state index < -0.39 is 0 Å². The van der Waals surface area contributed by atoms with Gasteiger partial charge < -0.3 is 3.11 Å². The largest absolute Gasteiger partial charge is 0.318 e. The molecule has 0 aliphatic heterocycles. The van der Waals surface area contributed by atoms with Crippen molar-refractivity contribution in [1.82, 2.24) is 0 Å². The molecule has 1 aromatic carbocycles. The fourth-order valence-corrected chi connectivity index (χ4v) is 1.12. The molecule has 1 rings (SSSR count). The zero-order valence-corrected chi connectivity index (χ0v) is 8.29. The highest BCUT2D eigenvalue weighted by molar-refractivity contribution is 14.1. The molecule has 2 heteroatoms. The number of hydrogen-bond donors (Lipinski definition) is 0. The number of aryl methyl sites for hydroxylation is 1. The number of rotatable bonds is 1. The van der Waals surface area contributed by atoms with Gasteiger partial charge in [0.05, 0.1) is 22.9 Å². The summed E-state index contributed by atoms with van der Waals surface area (Å²) in [6, 6.07) is 8.43. The fraction of sp³-hybridized carbons (Fsp3) is 0.250. The van der Waals surface area contributed by atoms with E-state index in [1.807, 2.05) is 7.05 Å². The second-order valence-electron chi connectivity index (χ2n) is 2.32. The van der Waals surface area contributed by atoms with Crippen molar-refractivity contribution in [2.75, 3.05) is 10.2 Å². The highest BCUT2D eigenvalue weighted by atomic mass is 127. The Morgan fingerprint density at radius 1 is 1.40 bits per heavy atom. The number of halogens is 1. The Bertz CT molecular complexity index is 220. The Morgan fingerprint density at radius 3 is 2.50 bits per heavy atom.